The minimum Gasteiger partial charge on any atom is -0.310 e. The zero-order valence-electron chi connectivity index (χ0n) is 22.7. The van der Waals surface area contributed by atoms with Crippen molar-refractivity contribution in [3.05, 3.63) is 108 Å². The lowest BCUT2D eigenvalue weighted by Gasteiger charge is -2.32. The molecule has 0 amide bonds. The van der Waals surface area contributed by atoms with Gasteiger partial charge in [-0.2, -0.15) is 0 Å². The van der Waals surface area contributed by atoms with Gasteiger partial charge < -0.3 is 13.9 Å². The van der Waals surface area contributed by atoms with Crippen LogP contribution in [0.5, 0.6) is 0 Å². The molecule has 38 heavy (non-hydrogen) atoms. The van der Waals surface area contributed by atoms with E-state index in [2.05, 4.69) is 97.6 Å². The molecule has 0 bridgehead atoms. The summed E-state index contributed by atoms with van der Waals surface area (Å²) in [5.74, 6) is 0. The monoisotopic (exact) mass is 525 g/mol. The van der Waals surface area contributed by atoms with Gasteiger partial charge in [-0.3, -0.25) is 4.57 Å². The summed E-state index contributed by atoms with van der Waals surface area (Å²) in [6, 6.07) is 33.9. The van der Waals surface area contributed by atoms with E-state index in [1.807, 2.05) is 32.0 Å². The molecule has 0 fully saturated rings. The largest absolute Gasteiger partial charge is 0.361 e. The Morgan fingerprint density at radius 1 is 0.632 bits per heavy atom. The summed E-state index contributed by atoms with van der Waals surface area (Å²) in [4.78, 5) is 2.31. The molecule has 5 rings (SSSR count). The van der Waals surface area contributed by atoms with Crippen LogP contribution in [0.25, 0.3) is 11.1 Å². The van der Waals surface area contributed by atoms with Gasteiger partial charge in [0.1, 0.15) is 0 Å². The van der Waals surface area contributed by atoms with Crippen molar-refractivity contribution in [1.29, 1.82) is 0 Å². The number of fused-ring (bicyclic) bond motifs is 3. The summed E-state index contributed by atoms with van der Waals surface area (Å²) < 4.78 is 25.1. The lowest BCUT2D eigenvalue weighted by atomic mass is 9.74. The molecule has 0 radical (unpaired) electrons. The van der Waals surface area contributed by atoms with Crippen LogP contribution in [0.2, 0.25) is 0 Å². The number of rotatable bonds is 10. The summed E-state index contributed by atoms with van der Waals surface area (Å²) in [7, 11) is -3.39. The number of hydrogen-bond acceptors (Lipinski definition) is 4. The molecule has 1 aliphatic carbocycles. The summed E-state index contributed by atoms with van der Waals surface area (Å²) in [6.07, 6.45) is 1.86. The highest BCUT2D eigenvalue weighted by atomic mass is 31.2. The topological polar surface area (TPSA) is 38.8 Å². The number of benzene rings is 4. The zero-order valence-corrected chi connectivity index (χ0v) is 23.6. The van der Waals surface area contributed by atoms with Crippen molar-refractivity contribution in [2.45, 2.75) is 46.0 Å². The third-order valence-corrected chi connectivity index (χ3v) is 9.84. The fourth-order valence-electron chi connectivity index (χ4n) is 5.92. The molecule has 0 heterocycles. The molecule has 0 saturated carbocycles. The summed E-state index contributed by atoms with van der Waals surface area (Å²) in [5, 5.41) is 0.634. The van der Waals surface area contributed by atoms with Crippen molar-refractivity contribution < 1.29 is 13.6 Å². The predicted octanol–water partition coefficient (Wildman–Crippen LogP) is 9.13. The molecular weight excluding hydrogens is 489 g/mol. The fraction of sp³-hybridized carbons (Fsp3) is 0.273. The van der Waals surface area contributed by atoms with Crippen molar-refractivity contribution in [1.82, 2.24) is 0 Å². The first-order chi connectivity index (χ1) is 18.5. The lowest BCUT2D eigenvalue weighted by Crippen LogP contribution is -2.25. The molecule has 0 saturated heterocycles. The first-order valence-corrected chi connectivity index (χ1v) is 15.1. The summed E-state index contributed by atoms with van der Waals surface area (Å²) >= 11 is 0. The number of anilines is 3. The molecule has 5 heteroatoms. The van der Waals surface area contributed by atoms with E-state index < -0.39 is 7.60 Å². The second-order valence-electron chi connectivity index (χ2n) is 9.59. The Kier molecular flexibility index (Phi) is 7.59. The molecule has 1 aliphatic rings. The van der Waals surface area contributed by atoms with Crippen LogP contribution in [0.3, 0.4) is 0 Å². The quantitative estimate of drug-likeness (QED) is 0.194. The highest BCUT2D eigenvalue weighted by Crippen LogP contribution is 2.56. The SMILES string of the molecule is CCOP(=O)(OCC)c1ccc2c(c1)C(CC)(CC)c1cc(N(c3ccccc3)c3ccccc3)ccc1-2. The molecular formula is C33H36NO3P. The maximum Gasteiger partial charge on any atom is 0.361 e. The van der Waals surface area contributed by atoms with Crippen molar-refractivity contribution in [2.24, 2.45) is 0 Å². The van der Waals surface area contributed by atoms with Crippen LogP contribution in [0.4, 0.5) is 17.1 Å². The molecule has 4 nitrogen and oxygen atoms in total. The molecule has 0 aromatic heterocycles. The maximum atomic E-state index is 13.7. The van der Waals surface area contributed by atoms with E-state index in [0.29, 0.717) is 18.5 Å². The first kappa shape index (κ1) is 26.4. The Hall–Kier alpha value is -3.17. The Morgan fingerprint density at radius 2 is 1.13 bits per heavy atom. The molecule has 4 aromatic rings. The number of hydrogen-bond donors (Lipinski definition) is 0. The van der Waals surface area contributed by atoms with E-state index in [1.165, 1.54) is 22.3 Å². The van der Waals surface area contributed by atoms with Crippen molar-refractivity contribution in [3.8, 4) is 11.1 Å². The van der Waals surface area contributed by atoms with E-state index in [-0.39, 0.29) is 5.41 Å². The molecule has 0 N–H and O–H groups in total. The van der Waals surface area contributed by atoms with Gasteiger partial charge in [0.05, 0.1) is 18.5 Å². The molecule has 4 aromatic carbocycles. The number of nitrogens with zero attached hydrogens (tertiary/aromatic N) is 1. The molecule has 0 aliphatic heterocycles. The third-order valence-electron chi connectivity index (χ3n) is 7.74. The molecule has 0 spiro atoms. The van der Waals surface area contributed by atoms with E-state index >= 15 is 0 Å². The lowest BCUT2D eigenvalue weighted by molar-refractivity contribution is 0.230. The molecule has 0 unspecified atom stereocenters. The summed E-state index contributed by atoms with van der Waals surface area (Å²) in [6.45, 7) is 8.87. The van der Waals surface area contributed by atoms with Gasteiger partial charge in [-0.25, -0.2) is 0 Å². The van der Waals surface area contributed by atoms with E-state index in [0.717, 1.165) is 29.9 Å². The highest BCUT2D eigenvalue weighted by molar-refractivity contribution is 7.62. The van der Waals surface area contributed by atoms with Gasteiger partial charge in [0, 0.05) is 22.5 Å². The Morgan fingerprint density at radius 3 is 1.63 bits per heavy atom. The van der Waals surface area contributed by atoms with Crippen molar-refractivity contribution >= 4 is 30.0 Å². The minimum atomic E-state index is -3.39. The smallest absolute Gasteiger partial charge is 0.310 e. The second-order valence-corrected chi connectivity index (χ2v) is 11.6. The Balaban J connectivity index is 1.68. The fourth-order valence-corrected chi connectivity index (χ4v) is 7.52. The molecule has 0 atom stereocenters. The standard InChI is InChI=1S/C33H36NO3P/c1-5-33(6-2)31-23-27(34(25-15-11-9-12-16-25)26-17-13-10-14-18-26)19-21-29(31)30-22-20-28(24-32(30)33)38(35,36-7-3)37-8-4/h9-24H,5-8H2,1-4H3. The predicted molar refractivity (Wildman–Crippen MR) is 158 cm³/mol. The van der Waals surface area contributed by atoms with Crippen LogP contribution in [-0.4, -0.2) is 13.2 Å². The Bertz CT molecular complexity index is 1400. The average Bonchev–Trinajstić information content (AvgIpc) is 3.23. The van der Waals surface area contributed by atoms with Crippen LogP contribution in [-0.2, 0) is 19.0 Å². The maximum absolute atomic E-state index is 13.7. The van der Waals surface area contributed by atoms with Crippen LogP contribution < -0.4 is 10.2 Å². The highest BCUT2D eigenvalue weighted by Gasteiger charge is 2.42. The van der Waals surface area contributed by atoms with Gasteiger partial charge in [-0.05, 0) is 97.5 Å². The summed E-state index contributed by atoms with van der Waals surface area (Å²) in [5.41, 5.74) is 8.11. The average molecular weight is 526 g/mol. The van der Waals surface area contributed by atoms with Gasteiger partial charge in [0.25, 0.3) is 0 Å². The van der Waals surface area contributed by atoms with Gasteiger partial charge in [-0.1, -0.05) is 62.4 Å². The first-order valence-electron chi connectivity index (χ1n) is 13.6. The minimum absolute atomic E-state index is 0.195. The van der Waals surface area contributed by atoms with Crippen molar-refractivity contribution in [3.63, 3.8) is 0 Å². The normalized spacial score (nSPS) is 13.7. The van der Waals surface area contributed by atoms with Crippen molar-refractivity contribution in [2.75, 3.05) is 18.1 Å². The van der Waals surface area contributed by atoms with Crippen LogP contribution in [0.1, 0.15) is 51.7 Å². The van der Waals surface area contributed by atoms with Crippen LogP contribution >= 0.6 is 7.60 Å². The van der Waals surface area contributed by atoms with Gasteiger partial charge in [0.2, 0.25) is 0 Å². The second kappa shape index (κ2) is 10.9. The van der Waals surface area contributed by atoms with Gasteiger partial charge >= 0.3 is 7.60 Å². The molecule has 196 valence electrons. The van der Waals surface area contributed by atoms with Gasteiger partial charge in [-0.15, -0.1) is 0 Å². The van der Waals surface area contributed by atoms with E-state index in [1.54, 1.807) is 0 Å². The van der Waals surface area contributed by atoms with E-state index in [4.69, 9.17) is 9.05 Å². The number of para-hydroxylation sites is 2. The third kappa shape index (κ3) is 4.41. The zero-order chi connectivity index (χ0) is 26.8. The van der Waals surface area contributed by atoms with Gasteiger partial charge in [0.15, 0.2) is 0 Å². The Labute approximate surface area is 226 Å². The van der Waals surface area contributed by atoms with Crippen LogP contribution in [0.15, 0.2) is 97.1 Å². The van der Waals surface area contributed by atoms with Crippen LogP contribution in [0, 0.1) is 0 Å². The van der Waals surface area contributed by atoms with E-state index in [9.17, 15) is 4.57 Å².